The lowest BCUT2D eigenvalue weighted by Crippen LogP contribution is -2.41. The molecule has 3 N–H and O–H groups in total. The van der Waals surface area contributed by atoms with Crippen LogP contribution in [0, 0.1) is 11.3 Å². The second kappa shape index (κ2) is 5.03. The molecule has 0 aromatic carbocycles. The molecule has 0 amide bonds. The van der Waals surface area contributed by atoms with Crippen LogP contribution in [0.25, 0.3) is 0 Å². The molecule has 1 fully saturated rings. The molecule has 2 heterocycles. The molecule has 1 unspecified atom stereocenters. The van der Waals surface area contributed by atoms with Crippen molar-refractivity contribution in [2.75, 3.05) is 25.1 Å². The fourth-order valence-electron chi connectivity index (χ4n) is 2.20. The van der Waals surface area contributed by atoms with Gasteiger partial charge in [0.15, 0.2) is 11.6 Å². The van der Waals surface area contributed by atoms with E-state index in [1.165, 1.54) is 0 Å². The summed E-state index contributed by atoms with van der Waals surface area (Å²) in [5, 5.41) is 7.54. The summed E-state index contributed by atoms with van der Waals surface area (Å²) in [7, 11) is 1.65. The Balaban J connectivity index is 2.18. The summed E-state index contributed by atoms with van der Waals surface area (Å²) in [5.41, 5.74) is 5.58. The third-order valence-electron chi connectivity index (χ3n) is 3.13. The SMILES string of the molecule is COc1cccnc1N1CCCC(C(=N)N)C1. The first-order valence-electron chi connectivity index (χ1n) is 5.80. The zero-order valence-electron chi connectivity index (χ0n) is 10.0. The second-order valence-corrected chi connectivity index (χ2v) is 4.27. The van der Waals surface area contributed by atoms with Crippen molar-refractivity contribution in [2.24, 2.45) is 11.7 Å². The summed E-state index contributed by atoms with van der Waals surface area (Å²) < 4.78 is 5.31. The Labute approximate surface area is 101 Å². The minimum absolute atomic E-state index is 0.135. The molecule has 0 aliphatic carbocycles. The molecule has 1 aromatic heterocycles. The normalized spacial score (nSPS) is 20.1. The molecule has 5 nitrogen and oxygen atoms in total. The monoisotopic (exact) mass is 234 g/mol. The first-order chi connectivity index (χ1) is 8.22. The van der Waals surface area contributed by atoms with Crippen LogP contribution in [0.15, 0.2) is 18.3 Å². The Kier molecular flexibility index (Phi) is 3.46. The number of pyridine rings is 1. The molecule has 1 aromatic rings. The number of nitrogens with two attached hydrogens (primary N) is 1. The smallest absolute Gasteiger partial charge is 0.171 e. The molecule has 0 saturated carbocycles. The molecule has 5 heteroatoms. The van der Waals surface area contributed by atoms with Crippen LogP contribution >= 0.6 is 0 Å². The van der Waals surface area contributed by atoms with Crippen LogP contribution in [0.3, 0.4) is 0 Å². The maximum Gasteiger partial charge on any atom is 0.171 e. The molecule has 1 aliphatic heterocycles. The van der Waals surface area contributed by atoms with Crippen LogP contribution in [0.5, 0.6) is 5.75 Å². The van der Waals surface area contributed by atoms with Gasteiger partial charge in [0.1, 0.15) is 0 Å². The zero-order chi connectivity index (χ0) is 12.3. The number of nitrogens with zero attached hydrogens (tertiary/aromatic N) is 2. The molecule has 92 valence electrons. The maximum atomic E-state index is 7.54. The molecule has 1 atom stereocenters. The lowest BCUT2D eigenvalue weighted by Gasteiger charge is -2.33. The fourth-order valence-corrected chi connectivity index (χ4v) is 2.20. The summed E-state index contributed by atoms with van der Waals surface area (Å²) in [6, 6.07) is 3.76. The summed E-state index contributed by atoms with van der Waals surface area (Å²) in [6.07, 6.45) is 3.78. The van der Waals surface area contributed by atoms with Crippen molar-refractivity contribution in [3.05, 3.63) is 18.3 Å². The highest BCUT2D eigenvalue weighted by Crippen LogP contribution is 2.28. The Morgan fingerprint density at radius 3 is 3.18 bits per heavy atom. The van der Waals surface area contributed by atoms with Crippen LogP contribution in [-0.2, 0) is 0 Å². The predicted octanol–water partition coefficient (Wildman–Crippen LogP) is 1.24. The van der Waals surface area contributed by atoms with Gasteiger partial charge in [0, 0.05) is 25.2 Å². The van der Waals surface area contributed by atoms with E-state index in [4.69, 9.17) is 15.9 Å². The standard InChI is InChI=1S/C12H18N4O/c1-17-10-5-2-6-15-12(10)16-7-3-4-9(8-16)11(13)14/h2,5-6,9H,3-4,7-8H2,1H3,(H3,13,14). The fraction of sp³-hybridized carbons (Fsp3) is 0.500. The van der Waals surface area contributed by atoms with Gasteiger partial charge in [-0.15, -0.1) is 0 Å². The van der Waals surface area contributed by atoms with E-state index >= 15 is 0 Å². The third-order valence-corrected chi connectivity index (χ3v) is 3.13. The number of anilines is 1. The van der Waals surface area contributed by atoms with E-state index in [1.807, 2.05) is 12.1 Å². The molecule has 0 bridgehead atoms. The van der Waals surface area contributed by atoms with Gasteiger partial charge in [-0.2, -0.15) is 0 Å². The average molecular weight is 234 g/mol. The molecule has 17 heavy (non-hydrogen) atoms. The largest absolute Gasteiger partial charge is 0.493 e. The molecule has 0 spiro atoms. The summed E-state index contributed by atoms with van der Waals surface area (Å²) in [5.74, 6) is 2.03. The van der Waals surface area contributed by atoms with E-state index in [2.05, 4.69) is 9.88 Å². The van der Waals surface area contributed by atoms with Crippen LogP contribution in [0.4, 0.5) is 5.82 Å². The maximum absolute atomic E-state index is 7.54. The van der Waals surface area contributed by atoms with Gasteiger partial charge >= 0.3 is 0 Å². The van der Waals surface area contributed by atoms with Crippen LogP contribution in [0.1, 0.15) is 12.8 Å². The minimum Gasteiger partial charge on any atom is -0.493 e. The average Bonchev–Trinajstić information content (AvgIpc) is 2.39. The number of hydrogen-bond acceptors (Lipinski definition) is 4. The number of amidine groups is 1. The topological polar surface area (TPSA) is 75.2 Å². The van der Waals surface area contributed by atoms with E-state index in [1.54, 1.807) is 13.3 Å². The highest BCUT2D eigenvalue weighted by atomic mass is 16.5. The first-order valence-corrected chi connectivity index (χ1v) is 5.80. The van der Waals surface area contributed by atoms with Gasteiger partial charge in [-0.25, -0.2) is 4.98 Å². The van der Waals surface area contributed by atoms with Crippen molar-refractivity contribution in [3.8, 4) is 5.75 Å². The molecular formula is C12H18N4O. The zero-order valence-corrected chi connectivity index (χ0v) is 10.0. The van der Waals surface area contributed by atoms with Crippen molar-refractivity contribution in [1.82, 2.24) is 4.98 Å². The van der Waals surface area contributed by atoms with Crippen molar-refractivity contribution >= 4 is 11.7 Å². The number of nitrogens with one attached hydrogen (secondary N) is 1. The number of hydrogen-bond donors (Lipinski definition) is 2. The van der Waals surface area contributed by atoms with Crippen LogP contribution < -0.4 is 15.4 Å². The van der Waals surface area contributed by atoms with E-state index in [0.29, 0.717) is 0 Å². The van der Waals surface area contributed by atoms with E-state index in [0.717, 1.165) is 37.5 Å². The second-order valence-electron chi connectivity index (χ2n) is 4.27. The van der Waals surface area contributed by atoms with Gasteiger partial charge in [0.05, 0.1) is 12.9 Å². The van der Waals surface area contributed by atoms with Crippen molar-refractivity contribution in [3.63, 3.8) is 0 Å². The van der Waals surface area contributed by atoms with Gasteiger partial charge < -0.3 is 15.4 Å². The number of methoxy groups -OCH3 is 1. The summed E-state index contributed by atoms with van der Waals surface area (Å²) in [4.78, 5) is 6.50. The molecule has 1 saturated heterocycles. The van der Waals surface area contributed by atoms with Crippen molar-refractivity contribution in [1.29, 1.82) is 5.41 Å². The van der Waals surface area contributed by atoms with E-state index in [-0.39, 0.29) is 11.8 Å². The lowest BCUT2D eigenvalue weighted by atomic mass is 9.97. The highest BCUT2D eigenvalue weighted by Gasteiger charge is 2.24. The molecular weight excluding hydrogens is 216 g/mol. The van der Waals surface area contributed by atoms with E-state index in [9.17, 15) is 0 Å². The summed E-state index contributed by atoms with van der Waals surface area (Å²) in [6.45, 7) is 1.69. The number of rotatable bonds is 3. The third kappa shape index (κ3) is 2.49. The summed E-state index contributed by atoms with van der Waals surface area (Å²) >= 11 is 0. The molecule has 0 radical (unpaired) electrons. The Bertz CT molecular complexity index is 407. The van der Waals surface area contributed by atoms with Crippen LogP contribution in [0.2, 0.25) is 0 Å². The van der Waals surface area contributed by atoms with Gasteiger partial charge in [-0.1, -0.05) is 0 Å². The van der Waals surface area contributed by atoms with Gasteiger partial charge in [-0.05, 0) is 25.0 Å². The highest BCUT2D eigenvalue weighted by molar-refractivity contribution is 5.80. The Morgan fingerprint density at radius 1 is 1.65 bits per heavy atom. The minimum atomic E-state index is 0.135. The number of piperidine rings is 1. The van der Waals surface area contributed by atoms with Crippen molar-refractivity contribution in [2.45, 2.75) is 12.8 Å². The Morgan fingerprint density at radius 2 is 2.47 bits per heavy atom. The number of aromatic nitrogens is 1. The molecule has 1 aliphatic rings. The lowest BCUT2D eigenvalue weighted by molar-refractivity contribution is 0.408. The van der Waals surface area contributed by atoms with Gasteiger partial charge in [0.25, 0.3) is 0 Å². The predicted molar refractivity (Wildman–Crippen MR) is 67.6 cm³/mol. The van der Waals surface area contributed by atoms with Crippen molar-refractivity contribution < 1.29 is 4.74 Å². The van der Waals surface area contributed by atoms with Crippen LogP contribution in [-0.4, -0.2) is 31.0 Å². The van der Waals surface area contributed by atoms with Gasteiger partial charge in [-0.3, -0.25) is 5.41 Å². The van der Waals surface area contributed by atoms with Gasteiger partial charge in [0.2, 0.25) is 0 Å². The Hall–Kier alpha value is -1.78. The quantitative estimate of drug-likeness (QED) is 0.609. The van der Waals surface area contributed by atoms with E-state index < -0.39 is 0 Å². The molecule has 2 rings (SSSR count). The number of ether oxygens (including phenoxy) is 1. The first kappa shape index (κ1) is 11.7.